The zero-order valence-electron chi connectivity index (χ0n) is 14.4. The van der Waals surface area contributed by atoms with Crippen LogP contribution in [0.1, 0.15) is 25.8 Å². The van der Waals surface area contributed by atoms with E-state index in [0.717, 1.165) is 10.9 Å². The van der Waals surface area contributed by atoms with Crippen molar-refractivity contribution in [3.05, 3.63) is 40.2 Å². The standard InChI is InChI=1S/C18H21NO6/c1-10(2)6-14(18(22)23)19-16(20)9-24-12-4-5-13-11(3)7-17(21)25-15(13)8-12/h4-5,7-8,10,14H,6,9H2,1-3H3,(H,19,20)(H,22,23)/t14-/m0/s1. The van der Waals surface area contributed by atoms with Gasteiger partial charge in [-0.3, -0.25) is 4.79 Å². The molecule has 0 unspecified atom stereocenters. The molecule has 0 bridgehead atoms. The van der Waals surface area contributed by atoms with Gasteiger partial charge in [0.1, 0.15) is 17.4 Å². The SMILES string of the molecule is Cc1cc(=O)oc2cc(OCC(=O)N[C@@H](CC(C)C)C(=O)O)ccc12. The number of carboxylic acid groups (broad SMARTS) is 1. The molecule has 0 aliphatic rings. The van der Waals surface area contributed by atoms with Crippen molar-refractivity contribution in [1.29, 1.82) is 0 Å². The molecule has 0 saturated heterocycles. The molecule has 134 valence electrons. The van der Waals surface area contributed by atoms with Crippen molar-refractivity contribution in [2.75, 3.05) is 6.61 Å². The first kappa shape index (κ1) is 18.5. The molecule has 1 heterocycles. The van der Waals surface area contributed by atoms with Gasteiger partial charge < -0.3 is 19.6 Å². The van der Waals surface area contributed by atoms with E-state index >= 15 is 0 Å². The summed E-state index contributed by atoms with van der Waals surface area (Å²) in [5, 5.41) is 12.3. The number of hydrogen-bond acceptors (Lipinski definition) is 5. The Morgan fingerprint density at radius 3 is 2.64 bits per heavy atom. The van der Waals surface area contributed by atoms with Gasteiger partial charge >= 0.3 is 11.6 Å². The summed E-state index contributed by atoms with van der Waals surface area (Å²) in [6.45, 7) is 5.23. The maximum absolute atomic E-state index is 11.9. The van der Waals surface area contributed by atoms with Crippen LogP contribution >= 0.6 is 0 Å². The van der Waals surface area contributed by atoms with Crippen LogP contribution in [0.2, 0.25) is 0 Å². The summed E-state index contributed by atoms with van der Waals surface area (Å²) in [7, 11) is 0. The number of amides is 1. The molecule has 7 heteroatoms. The number of nitrogens with one attached hydrogen (secondary N) is 1. The van der Waals surface area contributed by atoms with E-state index in [0.29, 0.717) is 17.8 Å². The molecule has 0 aliphatic carbocycles. The average Bonchev–Trinajstić information content (AvgIpc) is 2.51. The topological polar surface area (TPSA) is 106 Å². The number of fused-ring (bicyclic) bond motifs is 1. The van der Waals surface area contributed by atoms with Crippen LogP contribution in [0, 0.1) is 12.8 Å². The van der Waals surface area contributed by atoms with Crippen LogP contribution in [0.15, 0.2) is 33.5 Å². The fraction of sp³-hybridized carbons (Fsp3) is 0.389. The van der Waals surface area contributed by atoms with E-state index in [2.05, 4.69) is 5.32 Å². The van der Waals surface area contributed by atoms with Crippen LogP contribution in [-0.4, -0.2) is 29.6 Å². The molecule has 2 rings (SSSR count). The molecule has 25 heavy (non-hydrogen) atoms. The highest BCUT2D eigenvalue weighted by Crippen LogP contribution is 2.22. The number of carbonyl (C=O) groups excluding carboxylic acids is 1. The molecule has 1 atom stereocenters. The smallest absolute Gasteiger partial charge is 0.336 e. The summed E-state index contributed by atoms with van der Waals surface area (Å²) in [6.07, 6.45) is 0.335. The van der Waals surface area contributed by atoms with E-state index in [9.17, 15) is 14.4 Å². The minimum atomic E-state index is -1.08. The molecule has 0 aliphatic heterocycles. The number of ether oxygens (including phenoxy) is 1. The summed E-state index contributed by atoms with van der Waals surface area (Å²) in [5.74, 6) is -1.12. The molecular formula is C18H21NO6. The quantitative estimate of drug-likeness (QED) is 0.743. The lowest BCUT2D eigenvalue weighted by Crippen LogP contribution is -2.43. The Hall–Kier alpha value is -2.83. The van der Waals surface area contributed by atoms with Crippen molar-refractivity contribution in [2.24, 2.45) is 5.92 Å². The van der Waals surface area contributed by atoms with Crippen LogP contribution in [0.3, 0.4) is 0 Å². The molecule has 7 nitrogen and oxygen atoms in total. The lowest BCUT2D eigenvalue weighted by molar-refractivity contribution is -0.142. The van der Waals surface area contributed by atoms with Crippen molar-refractivity contribution in [3.8, 4) is 5.75 Å². The fourth-order valence-corrected chi connectivity index (χ4v) is 2.47. The lowest BCUT2D eigenvalue weighted by atomic mass is 10.0. The van der Waals surface area contributed by atoms with Crippen molar-refractivity contribution < 1.29 is 23.8 Å². The van der Waals surface area contributed by atoms with E-state index < -0.39 is 23.5 Å². The maximum Gasteiger partial charge on any atom is 0.336 e. The number of rotatable bonds is 7. The molecule has 1 aromatic heterocycles. The highest BCUT2D eigenvalue weighted by molar-refractivity contribution is 5.84. The van der Waals surface area contributed by atoms with Gasteiger partial charge in [0.25, 0.3) is 5.91 Å². The van der Waals surface area contributed by atoms with E-state index in [1.165, 1.54) is 12.1 Å². The van der Waals surface area contributed by atoms with Gasteiger partial charge in [-0.1, -0.05) is 13.8 Å². The molecular weight excluding hydrogens is 326 g/mol. The summed E-state index contributed by atoms with van der Waals surface area (Å²) < 4.78 is 10.5. The van der Waals surface area contributed by atoms with E-state index in [1.54, 1.807) is 19.1 Å². The third kappa shape index (κ3) is 5.07. The molecule has 2 aromatic rings. The predicted octanol–water partition coefficient (Wildman–Crippen LogP) is 2.10. The molecule has 0 spiro atoms. The first-order valence-corrected chi connectivity index (χ1v) is 7.95. The first-order valence-electron chi connectivity index (χ1n) is 7.95. The van der Waals surface area contributed by atoms with Crippen molar-refractivity contribution in [3.63, 3.8) is 0 Å². The van der Waals surface area contributed by atoms with Gasteiger partial charge in [-0.2, -0.15) is 0 Å². The Balaban J connectivity index is 2.03. The van der Waals surface area contributed by atoms with Crippen molar-refractivity contribution in [1.82, 2.24) is 5.32 Å². The minimum Gasteiger partial charge on any atom is -0.484 e. The Morgan fingerprint density at radius 1 is 1.28 bits per heavy atom. The van der Waals surface area contributed by atoms with E-state index in [1.807, 2.05) is 13.8 Å². The van der Waals surface area contributed by atoms with E-state index in [4.69, 9.17) is 14.3 Å². The Morgan fingerprint density at radius 2 is 2.00 bits per heavy atom. The zero-order valence-corrected chi connectivity index (χ0v) is 14.4. The van der Waals surface area contributed by atoms with Crippen LogP contribution in [-0.2, 0) is 9.59 Å². The van der Waals surface area contributed by atoms with Gasteiger partial charge in [0.15, 0.2) is 6.61 Å². The highest BCUT2D eigenvalue weighted by atomic mass is 16.5. The number of carboxylic acids is 1. The Kier molecular flexibility index (Phi) is 5.80. The third-order valence-electron chi connectivity index (χ3n) is 3.63. The van der Waals surface area contributed by atoms with Crippen LogP contribution in [0.5, 0.6) is 5.75 Å². The zero-order chi connectivity index (χ0) is 18.6. The molecule has 1 aromatic carbocycles. The Labute approximate surface area is 144 Å². The summed E-state index contributed by atoms with van der Waals surface area (Å²) >= 11 is 0. The van der Waals surface area contributed by atoms with Crippen molar-refractivity contribution >= 4 is 22.8 Å². The average molecular weight is 347 g/mol. The predicted molar refractivity (Wildman–Crippen MR) is 91.7 cm³/mol. The number of carbonyl (C=O) groups is 2. The number of benzene rings is 1. The van der Waals surface area contributed by atoms with Crippen molar-refractivity contribution in [2.45, 2.75) is 33.2 Å². The summed E-state index contributed by atoms with van der Waals surface area (Å²) in [4.78, 5) is 34.5. The second kappa shape index (κ2) is 7.83. The Bertz CT molecular complexity index is 839. The normalized spacial score (nSPS) is 12.2. The van der Waals surface area contributed by atoms with Gasteiger partial charge in [0.05, 0.1) is 0 Å². The second-order valence-electron chi connectivity index (χ2n) is 6.28. The van der Waals surface area contributed by atoms with Gasteiger partial charge in [-0.05, 0) is 37.0 Å². The number of aryl methyl sites for hydroxylation is 1. The lowest BCUT2D eigenvalue weighted by Gasteiger charge is -2.16. The van der Waals surface area contributed by atoms with Gasteiger partial charge in [-0.25, -0.2) is 9.59 Å². The number of hydrogen-bond donors (Lipinski definition) is 2. The summed E-state index contributed by atoms with van der Waals surface area (Å²) in [5.41, 5.74) is 0.692. The van der Waals surface area contributed by atoms with Crippen LogP contribution in [0.4, 0.5) is 0 Å². The second-order valence-corrected chi connectivity index (χ2v) is 6.28. The van der Waals surface area contributed by atoms with E-state index in [-0.39, 0.29) is 12.5 Å². The molecule has 0 fully saturated rings. The third-order valence-corrected chi connectivity index (χ3v) is 3.63. The molecule has 0 radical (unpaired) electrons. The molecule has 2 N–H and O–H groups in total. The van der Waals surface area contributed by atoms with Gasteiger partial charge in [0.2, 0.25) is 0 Å². The largest absolute Gasteiger partial charge is 0.484 e. The van der Waals surface area contributed by atoms with Crippen LogP contribution < -0.4 is 15.7 Å². The maximum atomic E-state index is 11.9. The highest BCUT2D eigenvalue weighted by Gasteiger charge is 2.21. The fourth-order valence-electron chi connectivity index (χ4n) is 2.47. The number of aliphatic carboxylic acids is 1. The van der Waals surface area contributed by atoms with Crippen LogP contribution in [0.25, 0.3) is 11.0 Å². The monoisotopic (exact) mass is 347 g/mol. The molecule has 0 saturated carbocycles. The van der Waals surface area contributed by atoms with Gasteiger partial charge in [0, 0.05) is 17.5 Å². The first-order chi connectivity index (χ1) is 11.8. The molecule has 1 amide bonds. The van der Waals surface area contributed by atoms with Gasteiger partial charge in [-0.15, -0.1) is 0 Å². The minimum absolute atomic E-state index is 0.133. The summed E-state index contributed by atoms with van der Waals surface area (Å²) in [6, 6.07) is 5.37.